The Kier molecular flexibility index (Phi) is 6.92. The zero-order valence-corrected chi connectivity index (χ0v) is 13.0. The Balaban J connectivity index is 2.87. The van der Waals surface area contributed by atoms with Crippen molar-refractivity contribution < 1.29 is 4.79 Å². The summed E-state index contributed by atoms with van der Waals surface area (Å²) in [6.45, 7) is 7.88. The number of anilines is 1. The molecular formula is C15H15BrN4O. The molecule has 0 fully saturated rings. The van der Waals surface area contributed by atoms with Crippen molar-refractivity contribution in [2.75, 3.05) is 18.4 Å². The van der Waals surface area contributed by atoms with Crippen molar-refractivity contribution in [2.45, 2.75) is 0 Å². The molecule has 1 N–H and O–H groups in total. The number of hydrogen-bond donors (Lipinski definition) is 1. The maximum atomic E-state index is 12.2. The molecule has 0 atom stereocenters. The zero-order valence-electron chi connectivity index (χ0n) is 11.4. The molecule has 0 aromatic carbocycles. The summed E-state index contributed by atoms with van der Waals surface area (Å²) in [5, 5.41) is 12.0. The molecule has 5 nitrogen and oxygen atoms in total. The average Bonchev–Trinajstić information content (AvgIpc) is 2.47. The van der Waals surface area contributed by atoms with Gasteiger partial charge in [0.2, 0.25) is 0 Å². The average molecular weight is 347 g/mol. The Labute approximate surface area is 132 Å². The molecule has 1 aromatic rings. The fourth-order valence-electron chi connectivity index (χ4n) is 1.49. The minimum Gasteiger partial charge on any atom is -0.345 e. The first-order valence-corrected chi connectivity index (χ1v) is 6.91. The molecule has 0 spiro atoms. The fourth-order valence-corrected chi connectivity index (χ4v) is 1.83. The van der Waals surface area contributed by atoms with Crippen molar-refractivity contribution in [3.63, 3.8) is 0 Å². The van der Waals surface area contributed by atoms with Crippen LogP contribution < -0.4 is 5.32 Å². The SMILES string of the molecule is C=CCN(CC=C)C(=O)/C(C#N)=C\Nc1cc(Br)ccn1. The second kappa shape index (κ2) is 8.72. The number of aromatic nitrogens is 1. The van der Waals surface area contributed by atoms with Crippen LogP contribution in [0.2, 0.25) is 0 Å². The zero-order chi connectivity index (χ0) is 15.7. The van der Waals surface area contributed by atoms with Gasteiger partial charge in [-0.3, -0.25) is 4.79 Å². The number of nitrogens with one attached hydrogen (secondary N) is 1. The number of nitrogens with zero attached hydrogens (tertiary/aromatic N) is 3. The predicted octanol–water partition coefficient (Wildman–Crippen LogP) is 2.86. The van der Waals surface area contributed by atoms with Crippen molar-refractivity contribution in [3.8, 4) is 6.07 Å². The maximum Gasteiger partial charge on any atom is 0.266 e. The van der Waals surface area contributed by atoms with Gasteiger partial charge in [-0.2, -0.15) is 5.26 Å². The van der Waals surface area contributed by atoms with Crippen molar-refractivity contribution in [1.29, 1.82) is 5.26 Å². The van der Waals surface area contributed by atoms with E-state index in [4.69, 9.17) is 5.26 Å². The predicted molar refractivity (Wildman–Crippen MR) is 86.2 cm³/mol. The van der Waals surface area contributed by atoms with Crippen LogP contribution in [0, 0.1) is 11.3 Å². The highest BCUT2D eigenvalue weighted by atomic mass is 79.9. The molecule has 0 saturated carbocycles. The van der Waals surface area contributed by atoms with Gasteiger partial charge >= 0.3 is 0 Å². The summed E-state index contributed by atoms with van der Waals surface area (Å²) in [5.41, 5.74) is -0.0134. The van der Waals surface area contributed by atoms with Gasteiger partial charge in [0.05, 0.1) is 0 Å². The minimum atomic E-state index is -0.389. The van der Waals surface area contributed by atoms with Crippen molar-refractivity contribution >= 4 is 27.7 Å². The Morgan fingerprint density at radius 1 is 1.48 bits per heavy atom. The smallest absolute Gasteiger partial charge is 0.266 e. The van der Waals surface area contributed by atoms with E-state index in [1.165, 1.54) is 11.1 Å². The number of rotatable bonds is 7. The molecular weight excluding hydrogens is 332 g/mol. The molecule has 0 saturated heterocycles. The van der Waals surface area contributed by atoms with Crippen LogP contribution in [0.4, 0.5) is 5.82 Å². The first-order valence-electron chi connectivity index (χ1n) is 6.11. The van der Waals surface area contributed by atoms with Gasteiger partial charge in [-0.15, -0.1) is 13.2 Å². The number of amides is 1. The Bertz CT molecular complexity index is 594. The van der Waals surface area contributed by atoms with Crippen LogP contribution in [0.3, 0.4) is 0 Å². The molecule has 0 aliphatic carbocycles. The lowest BCUT2D eigenvalue weighted by atomic mass is 10.2. The number of hydrogen-bond acceptors (Lipinski definition) is 4. The van der Waals surface area contributed by atoms with Crippen LogP contribution in [0.1, 0.15) is 0 Å². The highest BCUT2D eigenvalue weighted by Crippen LogP contribution is 2.13. The van der Waals surface area contributed by atoms with E-state index in [1.807, 2.05) is 6.07 Å². The third-order valence-corrected chi connectivity index (χ3v) is 2.92. The molecule has 0 radical (unpaired) electrons. The molecule has 0 aliphatic rings. The second-order valence-electron chi connectivity index (χ2n) is 3.96. The van der Waals surface area contributed by atoms with E-state index in [0.717, 1.165) is 4.47 Å². The lowest BCUT2D eigenvalue weighted by molar-refractivity contribution is -0.125. The number of pyridine rings is 1. The third-order valence-electron chi connectivity index (χ3n) is 2.42. The lowest BCUT2D eigenvalue weighted by Gasteiger charge is -2.18. The molecule has 1 rings (SSSR count). The topological polar surface area (TPSA) is 69.0 Å². The number of carbonyl (C=O) groups is 1. The van der Waals surface area contributed by atoms with E-state index in [-0.39, 0.29) is 11.5 Å². The monoisotopic (exact) mass is 346 g/mol. The van der Waals surface area contributed by atoms with Crippen LogP contribution in [0.25, 0.3) is 0 Å². The molecule has 0 aliphatic heterocycles. The van der Waals surface area contributed by atoms with Crippen LogP contribution in [-0.4, -0.2) is 28.9 Å². The summed E-state index contributed by atoms with van der Waals surface area (Å²) in [6.07, 6.45) is 6.14. The quantitative estimate of drug-likeness (QED) is 0.468. The number of halogens is 1. The van der Waals surface area contributed by atoms with E-state index in [9.17, 15) is 4.79 Å². The molecule has 1 aromatic heterocycles. The number of carbonyl (C=O) groups excluding carboxylic acids is 1. The Hall–Kier alpha value is -2.39. The van der Waals surface area contributed by atoms with E-state index in [1.54, 1.807) is 30.5 Å². The van der Waals surface area contributed by atoms with Crippen LogP contribution >= 0.6 is 15.9 Å². The Morgan fingerprint density at radius 3 is 2.67 bits per heavy atom. The molecule has 6 heteroatoms. The van der Waals surface area contributed by atoms with E-state index in [2.05, 4.69) is 39.4 Å². The standard InChI is InChI=1S/C15H15BrN4O/c1-3-7-20(8-4-2)15(21)12(10-17)11-19-14-9-13(16)5-6-18-14/h3-6,9,11H,1-2,7-8H2,(H,18,19)/b12-11-. The van der Waals surface area contributed by atoms with Crippen LogP contribution in [-0.2, 0) is 4.79 Å². The largest absolute Gasteiger partial charge is 0.345 e. The van der Waals surface area contributed by atoms with E-state index < -0.39 is 0 Å². The van der Waals surface area contributed by atoms with Crippen molar-refractivity contribution in [2.24, 2.45) is 0 Å². The van der Waals surface area contributed by atoms with Crippen molar-refractivity contribution in [1.82, 2.24) is 9.88 Å². The first-order chi connectivity index (χ1) is 10.1. The fraction of sp³-hybridized carbons (Fsp3) is 0.133. The Morgan fingerprint density at radius 2 is 2.14 bits per heavy atom. The van der Waals surface area contributed by atoms with E-state index in [0.29, 0.717) is 18.9 Å². The van der Waals surface area contributed by atoms with Gasteiger partial charge in [-0.1, -0.05) is 28.1 Å². The van der Waals surface area contributed by atoms with Crippen LogP contribution in [0.5, 0.6) is 0 Å². The van der Waals surface area contributed by atoms with Gasteiger partial charge < -0.3 is 10.2 Å². The summed E-state index contributed by atoms with van der Waals surface area (Å²) in [6, 6.07) is 5.40. The first kappa shape index (κ1) is 16.7. The van der Waals surface area contributed by atoms with Gasteiger partial charge in [0.25, 0.3) is 5.91 Å². The summed E-state index contributed by atoms with van der Waals surface area (Å²) in [4.78, 5) is 17.7. The van der Waals surface area contributed by atoms with Gasteiger partial charge in [-0.25, -0.2) is 4.98 Å². The van der Waals surface area contributed by atoms with Gasteiger partial charge in [-0.05, 0) is 12.1 Å². The summed E-state index contributed by atoms with van der Waals surface area (Å²) >= 11 is 3.32. The normalized spacial score (nSPS) is 10.4. The third kappa shape index (κ3) is 5.24. The molecule has 1 amide bonds. The summed E-state index contributed by atoms with van der Waals surface area (Å²) in [7, 11) is 0. The van der Waals surface area contributed by atoms with Crippen LogP contribution in [0.15, 0.2) is 59.9 Å². The highest BCUT2D eigenvalue weighted by molar-refractivity contribution is 9.10. The second-order valence-corrected chi connectivity index (χ2v) is 4.88. The van der Waals surface area contributed by atoms with Gasteiger partial charge in [0, 0.05) is 30.0 Å². The lowest BCUT2D eigenvalue weighted by Crippen LogP contribution is -2.32. The molecule has 0 unspecified atom stereocenters. The summed E-state index contributed by atoms with van der Waals surface area (Å²) in [5.74, 6) is 0.142. The van der Waals surface area contributed by atoms with Gasteiger partial charge in [0.1, 0.15) is 17.5 Å². The molecule has 1 heterocycles. The maximum absolute atomic E-state index is 12.2. The summed E-state index contributed by atoms with van der Waals surface area (Å²) < 4.78 is 0.846. The van der Waals surface area contributed by atoms with Gasteiger partial charge in [0.15, 0.2) is 0 Å². The number of nitriles is 1. The van der Waals surface area contributed by atoms with Crippen molar-refractivity contribution in [3.05, 3.63) is 59.9 Å². The minimum absolute atomic E-state index is 0.0134. The molecule has 21 heavy (non-hydrogen) atoms. The highest BCUT2D eigenvalue weighted by Gasteiger charge is 2.16. The molecule has 0 bridgehead atoms. The molecule has 108 valence electrons. The van der Waals surface area contributed by atoms with E-state index >= 15 is 0 Å².